The Morgan fingerprint density at radius 3 is 2.48 bits per heavy atom. The van der Waals surface area contributed by atoms with Crippen LogP contribution in [0, 0.1) is 0 Å². The van der Waals surface area contributed by atoms with Gasteiger partial charge in [-0.15, -0.1) is 0 Å². The lowest BCUT2D eigenvalue weighted by atomic mass is 9.87. The number of halogens is 2. The van der Waals surface area contributed by atoms with E-state index >= 15 is 0 Å². The van der Waals surface area contributed by atoms with Gasteiger partial charge in [0, 0.05) is 10.2 Å². The standard InChI is InChI=1S/C17H17BrClNO/c1-17(2,3)11-6-4-7-12(10-11)20-16(21)13-8-5-9-14(19)15(13)18/h4-10H,1-3H3,(H,20,21). The summed E-state index contributed by atoms with van der Waals surface area (Å²) in [5.74, 6) is -0.185. The van der Waals surface area contributed by atoms with Crippen LogP contribution in [0.5, 0.6) is 0 Å². The maximum atomic E-state index is 12.3. The van der Waals surface area contributed by atoms with E-state index in [-0.39, 0.29) is 11.3 Å². The first-order chi connectivity index (χ1) is 9.79. The van der Waals surface area contributed by atoms with Gasteiger partial charge < -0.3 is 5.32 Å². The average Bonchev–Trinajstić information content (AvgIpc) is 2.41. The molecule has 4 heteroatoms. The molecule has 0 saturated carbocycles. The van der Waals surface area contributed by atoms with Crippen LogP contribution in [0.4, 0.5) is 5.69 Å². The van der Waals surface area contributed by atoms with Crippen LogP contribution < -0.4 is 5.32 Å². The van der Waals surface area contributed by atoms with E-state index < -0.39 is 0 Å². The van der Waals surface area contributed by atoms with Gasteiger partial charge in [-0.1, -0.05) is 50.6 Å². The predicted octanol–water partition coefficient (Wildman–Crippen LogP) is 5.65. The lowest BCUT2D eigenvalue weighted by Gasteiger charge is -2.20. The molecule has 0 spiro atoms. The van der Waals surface area contributed by atoms with Gasteiger partial charge in [-0.2, -0.15) is 0 Å². The summed E-state index contributed by atoms with van der Waals surface area (Å²) in [5.41, 5.74) is 2.51. The number of hydrogen-bond acceptors (Lipinski definition) is 1. The fourth-order valence-electron chi connectivity index (χ4n) is 1.94. The smallest absolute Gasteiger partial charge is 0.256 e. The first-order valence-electron chi connectivity index (χ1n) is 6.65. The summed E-state index contributed by atoms with van der Waals surface area (Å²) >= 11 is 9.37. The molecule has 1 N–H and O–H groups in total. The molecule has 0 aromatic heterocycles. The largest absolute Gasteiger partial charge is 0.322 e. The maximum Gasteiger partial charge on any atom is 0.256 e. The summed E-state index contributed by atoms with van der Waals surface area (Å²) in [5, 5.41) is 3.43. The predicted molar refractivity (Wildman–Crippen MR) is 92.2 cm³/mol. The minimum Gasteiger partial charge on any atom is -0.322 e. The molecule has 0 aliphatic carbocycles. The van der Waals surface area contributed by atoms with Crippen LogP contribution in [0.3, 0.4) is 0 Å². The number of nitrogens with one attached hydrogen (secondary N) is 1. The number of carbonyl (C=O) groups excluding carboxylic acids is 1. The number of rotatable bonds is 2. The van der Waals surface area contributed by atoms with E-state index in [1.807, 2.05) is 18.2 Å². The Kier molecular flexibility index (Phi) is 4.74. The second-order valence-electron chi connectivity index (χ2n) is 5.89. The fraction of sp³-hybridized carbons (Fsp3) is 0.235. The third-order valence-electron chi connectivity index (χ3n) is 3.18. The van der Waals surface area contributed by atoms with Gasteiger partial charge in [-0.3, -0.25) is 4.79 Å². The van der Waals surface area contributed by atoms with Crippen molar-refractivity contribution in [3.05, 3.63) is 63.1 Å². The summed E-state index contributed by atoms with van der Waals surface area (Å²) in [4.78, 5) is 12.3. The number of benzene rings is 2. The minimum atomic E-state index is -0.185. The second-order valence-corrected chi connectivity index (χ2v) is 7.09. The molecule has 2 aromatic rings. The molecule has 2 rings (SSSR count). The summed E-state index contributed by atoms with van der Waals surface area (Å²) in [6.07, 6.45) is 0. The molecule has 0 atom stereocenters. The molecular weight excluding hydrogens is 350 g/mol. The van der Waals surface area contributed by atoms with Crippen LogP contribution in [-0.2, 0) is 5.41 Å². The summed E-state index contributed by atoms with van der Waals surface area (Å²) in [6.45, 7) is 6.42. The molecule has 0 bridgehead atoms. The van der Waals surface area contributed by atoms with Crippen LogP contribution in [0.1, 0.15) is 36.7 Å². The lowest BCUT2D eigenvalue weighted by Crippen LogP contribution is -2.15. The van der Waals surface area contributed by atoms with Crippen molar-refractivity contribution in [2.45, 2.75) is 26.2 Å². The Balaban J connectivity index is 2.26. The molecule has 0 radical (unpaired) electrons. The Morgan fingerprint density at radius 1 is 1.14 bits per heavy atom. The number of carbonyl (C=O) groups is 1. The third kappa shape index (κ3) is 3.86. The van der Waals surface area contributed by atoms with Crippen molar-refractivity contribution in [2.24, 2.45) is 0 Å². The molecule has 0 fully saturated rings. The van der Waals surface area contributed by atoms with E-state index in [9.17, 15) is 4.79 Å². The van der Waals surface area contributed by atoms with Gasteiger partial charge in [0.05, 0.1) is 10.6 Å². The summed E-state index contributed by atoms with van der Waals surface area (Å²) in [7, 11) is 0. The van der Waals surface area contributed by atoms with Gasteiger partial charge in [0.2, 0.25) is 0 Å². The van der Waals surface area contributed by atoms with E-state index in [1.165, 1.54) is 5.56 Å². The zero-order valence-electron chi connectivity index (χ0n) is 12.2. The highest BCUT2D eigenvalue weighted by atomic mass is 79.9. The average molecular weight is 367 g/mol. The topological polar surface area (TPSA) is 29.1 Å². The molecule has 21 heavy (non-hydrogen) atoms. The molecule has 1 amide bonds. The SMILES string of the molecule is CC(C)(C)c1cccc(NC(=O)c2cccc(Cl)c2Br)c1. The van der Waals surface area contributed by atoms with Crippen LogP contribution in [-0.4, -0.2) is 5.91 Å². The van der Waals surface area contributed by atoms with Crippen molar-refractivity contribution in [1.29, 1.82) is 0 Å². The quantitative estimate of drug-likeness (QED) is 0.731. The normalized spacial score (nSPS) is 11.3. The van der Waals surface area contributed by atoms with Crippen molar-refractivity contribution in [3.8, 4) is 0 Å². The number of anilines is 1. The first kappa shape index (κ1) is 16.1. The molecule has 0 heterocycles. The van der Waals surface area contributed by atoms with Gasteiger partial charge in [-0.25, -0.2) is 0 Å². The van der Waals surface area contributed by atoms with E-state index in [0.717, 1.165) is 5.69 Å². The fourth-order valence-corrected chi connectivity index (χ4v) is 2.56. The van der Waals surface area contributed by atoms with E-state index in [0.29, 0.717) is 15.1 Å². The van der Waals surface area contributed by atoms with E-state index in [1.54, 1.807) is 18.2 Å². The Bertz CT molecular complexity index is 677. The van der Waals surface area contributed by atoms with Gasteiger partial charge in [0.1, 0.15) is 0 Å². The Hall–Kier alpha value is -1.32. The van der Waals surface area contributed by atoms with Crippen molar-refractivity contribution < 1.29 is 4.79 Å². The first-order valence-corrected chi connectivity index (χ1v) is 7.82. The van der Waals surface area contributed by atoms with Crippen molar-refractivity contribution >= 4 is 39.1 Å². The zero-order chi connectivity index (χ0) is 15.6. The van der Waals surface area contributed by atoms with Crippen LogP contribution in [0.15, 0.2) is 46.9 Å². The molecule has 2 aromatic carbocycles. The van der Waals surface area contributed by atoms with Gasteiger partial charge in [-0.05, 0) is 51.2 Å². The molecule has 0 aliphatic heterocycles. The maximum absolute atomic E-state index is 12.3. The molecule has 0 saturated heterocycles. The van der Waals surface area contributed by atoms with Crippen LogP contribution in [0.25, 0.3) is 0 Å². The molecule has 0 aliphatic rings. The Labute approximate surface area is 138 Å². The van der Waals surface area contributed by atoms with Crippen molar-refractivity contribution in [2.75, 3.05) is 5.32 Å². The highest BCUT2D eigenvalue weighted by Gasteiger charge is 2.16. The summed E-state index contributed by atoms with van der Waals surface area (Å²) in [6, 6.07) is 13.1. The highest BCUT2D eigenvalue weighted by Crippen LogP contribution is 2.28. The minimum absolute atomic E-state index is 0.0391. The number of hydrogen-bond donors (Lipinski definition) is 1. The van der Waals surface area contributed by atoms with Crippen LogP contribution in [0.2, 0.25) is 5.02 Å². The van der Waals surface area contributed by atoms with Gasteiger partial charge in [0.25, 0.3) is 5.91 Å². The molecule has 0 unspecified atom stereocenters. The van der Waals surface area contributed by atoms with Gasteiger partial charge >= 0.3 is 0 Å². The second kappa shape index (κ2) is 6.20. The third-order valence-corrected chi connectivity index (χ3v) is 4.58. The van der Waals surface area contributed by atoms with E-state index in [4.69, 9.17) is 11.6 Å². The lowest BCUT2D eigenvalue weighted by molar-refractivity contribution is 0.102. The molecule has 110 valence electrons. The molecule has 2 nitrogen and oxygen atoms in total. The zero-order valence-corrected chi connectivity index (χ0v) is 14.5. The molecular formula is C17H17BrClNO. The summed E-state index contributed by atoms with van der Waals surface area (Å²) < 4.78 is 0.608. The van der Waals surface area contributed by atoms with Gasteiger partial charge in [0.15, 0.2) is 0 Å². The monoisotopic (exact) mass is 365 g/mol. The number of amides is 1. The van der Waals surface area contributed by atoms with Crippen LogP contribution >= 0.6 is 27.5 Å². The van der Waals surface area contributed by atoms with Crippen molar-refractivity contribution in [3.63, 3.8) is 0 Å². The van der Waals surface area contributed by atoms with E-state index in [2.05, 4.69) is 48.1 Å². The highest BCUT2D eigenvalue weighted by molar-refractivity contribution is 9.10. The van der Waals surface area contributed by atoms with Crippen molar-refractivity contribution in [1.82, 2.24) is 0 Å². The Morgan fingerprint density at radius 2 is 1.81 bits per heavy atom.